The molecule has 0 fully saturated rings. The van der Waals surface area contributed by atoms with Crippen LogP contribution in [0.15, 0.2) is 42.5 Å². The van der Waals surface area contributed by atoms with Crippen LogP contribution in [0.5, 0.6) is 0 Å². The van der Waals surface area contributed by atoms with Gasteiger partial charge in [0.15, 0.2) is 0 Å². The first-order valence-electron chi connectivity index (χ1n) is 10.2. The summed E-state index contributed by atoms with van der Waals surface area (Å²) in [5.41, 5.74) is 7.73. The lowest BCUT2D eigenvalue weighted by molar-refractivity contribution is -0.00974. The van der Waals surface area contributed by atoms with Crippen molar-refractivity contribution in [1.29, 1.82) is 0 Å². The highest BCUT2D eigenvalue weighted by Crippen LogP contribution is 2.38. The molecule has 2 heterocycles. The topological polar surface area (TPSA) is 55.0 Å². The number of fused-ring (bicyclic) bond motifs is 2. The van der Waals surface area contributed by atoms with Gasteiger partial charge in [0.2, 0.25) is 5.95 Å². The van der Waals surface area contributed by atoms with E-state index in [9.17, 15) is 17.6 Å². The van der Waals surface area contributed by atoms with E-state index in [1.54, 1.807) is 29.2 Å². The minimum absolute atomic E-state index is 0.0109. The lowest BCUT2D eigenvalue weighted by Crippen LogP contribution is -2.29. The Morgan fingerprint density at radius 2 is 1.90 bits per heavy atom. The summed E-state index contributed by atoms with van der Waals surface area (Å²) in [6.07, 6.45) is -0.802. The Kier molecular flexibility index (Phi) is 5.60. The van der Waals surface area contributed by atoms with E-state index < -0.39 is 24.8 Å². The maximum atomic E-state index is 14.7. The molecular weight excluding hydrogens is 408 g/mol. The van der Waals surface area contributed by atoms with Crippen molar-refractivity contribution in [3.63, 3.8) is 0 Å². The first-order valence-corrected chi connectivity index (χ1v) is 10.2. The van der Waals surface area contributed by atoms with Gasteiger partial charge in [0.05, 0.1) is 17.8 Å². The van der Waals surface area contributed by atoms with E-state index in [0.717, 1.165) is 5.56 Å². The highest BCUT2D eigenvalue weighted by atomic mass is 19.3. The van der Waals surface area contributed by atoms with E-state index in [1.807, 2.05) is 19.1 Å². The van der Waals surface area contributed by atoms with Crippen LogP contribution in [0.3, 0.4) is 0 Å². The summed E-state index contributed by atoms with van der Waals surface area (Å²) in [4.78, 5) is 10.8. The first-order chi connectivity index (χ1) is 14.7. The molecule has 0 spiro atoms. The SMILES string of the molecule is Cc1ccc2nc(N3CCC(F)(F)c4ccccc4C3)nc(CCC(F)(F)CN)c2c1. The van der Waals surface area contributed by atoms with Gasteiger partial charge < -0.3 is 10.6 Å². The fourth-order valence-corrected chi connectivity index (χ4v) is 3.91. The van der Waals surface area contributed by atoms with E-state index in [2.05, 4.69) is 9.97 Å². The van der Waals surface area contributed by atoms with E-state index in [1.165, 1.54) is 6.07 Å². The number of hydrogen-bond acceptors (Lipinski definition) is 4. The van der Waals surface area contributed by atoms with Gasteiger partial charge in [0, 0.05) is 36.9 Å². The Bertz CT molecular complexity index is 1100. The smallest absolute Gasteiger partial charge is 0.275 e. The number of nitrogens with zero attached hydrogens (tertiary/aromatic N) is 3. The van der Waals surface area contributed by atoms with Crippen molar-refractivity contribution in [3.8, 4) is 0 Å². The van der Waals surface area contributed by atoms with E-state index >= 15 is 0 Å². The molecule has 0 bridgehead atoms. The highest BCUT2D eigenvalue weighted by molar-refractivity contribution is 5.82. The fourth-order valence-electron chi connectivity index (χ4n) is 3.91. The molecule has 2 N–H and O–H groups in total. The lowest BCUT2D eigenvalue weighted by Gasteiger charge is -2.22. The number of hydrogen-bond donors (Lipinski definition) is 1. The molecule has 31 heavy (non-hydrogen) atoms. The molecule has 0 aliphatic carbocycles. The largest absolute Gasteiger partial charge is 0.336 e. The second-order valence-corrected chi connectivity index (χ2v) is 8.08. The molecule has 0 radical (unpaired) electrons. The van der Waals surface area contributed by atoms with Crippen molar-refractivity contribution < 1.29 is 17.6 Å². The third-order valence-electron chi connectivity index (χ3n) is 5.70. The van der Waals surface area contributed by atoms with Crippen LogP contribution in [0.25, 0.3) is 10.9 Å². The Morgan fingerprint density at radius 3 is 2.68 bits per heavy atom. The van der Waals surface area contributed by atoms with Crippen molar-refractivity contribution in [2.75, 3.05) is 18.0 Å². The van der Waals surface area contributed by atoms with Gasteiger partial charge in [-0.3, -0.25) is 0 Å². The zero-order valence-corrected chi connectivity index (χ0v) is 17.2. The Hall–Kier alpha value is -2.74. The summed E-state index contributed by atoms with van der Waals surface area (Å²) in [6, 6.07) is 12.0. The molecular formula is C23H24F4N4. The third-order valence-corrected chi connectivity index (χ3v) is 5.70. The summed E-state index contributed by atoms with van der Waals surface area (Å²) < 4.78 is 56.9. The van der Waals surface area contributed by atoms with Gasteiger partial charge in [-0.15, -0.1) is 0 Å². The van der Waals surface area contributed by atoms with Gasteiger partial charge in [-0.2, -0.15) is 0 Å². The van der Waals surface area contributed by atoms with E-state index in [4.69, 9.17) is 5.73 Å². The molecule has 2 aromatic carbocycles. The normalized spacial score (nSPS) is 16.3. The summed E-state index contributed by atoms with van der Waals surface area (Å²) in [5, 5.41) is 0.692. The maximum absolute atomic E-state index is 14.7. The van der Waals surface area contributed by atoms with Crippen LogP contribution in [-0.4, -0.2) is 29.0 Å². The van der Waals surface area contributed by atoms with Crippen LogP contribution in [0.2, 0.25) is 0 Å². The van der Waals surface area contributed by atoms with E-state index in [0.29, 0.717) is 22.2 Å². The quantitative estimate of drug-likeness (QED) is 0.579. The molecule has 3 aromatic rings. The summed E-state index contributed by atoms with van der Waals surface area (Å²) in [5.74, 6) is -5.68. The summed E-state index contributed by atoms with van der Waals surface area (Å²) in [7, 11) is 0. The average molecular weight is 432 g/mol. The average Bonchev–Trinajstić information content (AvgIpc) is 2.88. The van der Waals surface area contributed by atoms with Crippen molar-refractivity contribution in [2.45, 2.75) is 44.6 Å². The van der Waals surface area contributed by atoms with Crippen LogP contribution in [0.4, 0.5) is 23.5 Å². The van der Waals surface area contributed by atoms with Crippen molar-refractivity contribution >= 4 is 16.9 Å². The van der Waals surface area contributed by atoms with Gasteiger partial charge in [0.1, 0.15) is 0 Å². The van der Waals surface area contributed by atoms with Gasteiger partial charge in [-0.05, 0) is 31.0 Å². The molecule has 164 valence electrons. The number of nitrogens with two attached hydrogens (primary N) is 1. The Labute approximate surface area is 178 Å². The molecule has 0 atom stereocenters. The highest BCUT2D eigenvalue weighted by Gasteiger charge is 2.37. The number of anilines is 1. The van der Waals surface area contributed by atoms with Crippen molar-refractivity contribution in [2.24, 2.45) is 5.73 Å². The molecule has 1 aromatic heterocycles. The summed E-state index contributed by atoms with van der Waals surface area (Å²) in [6.45, 7) is 1.44. The molecule has 0 amide bonds. The number of halogens is 4. The predicted molar refractivity (Wildman–Crippen MR) is 113 cm³/mol. The molecule has 4 rings (SSSR count). The van der Waals surface area contributed by atoms with Crippen LogP contribution >= 0.6 is 0 Å². The van der Waals surface area contributed by atoms with E-state index in [-0.39, 0.29) is 37.4 Å². The molecule has 1 aliphatic heterocycles. The van der Waals surface area contributed by atoms with Crippen LogP contribution in [0, 0.1) is 6.92 Å². The van der Waals surface area contributed by atoms with Crippen molar-refractivity contribution in [3.05, 3.63) is 64.8 Å². The van der Waals surface area contributed by atoms with Crippen LogP contribution in [0.1, 0.15) is 35.2 Å². The van der Waals surface area contributed by atoms with Crippen LogP contribution < -0.4 is 10.6 Å². The Balaban J connectivity index is 1.75. The maximum Gasteiger partial charge on any atom is 0.275 e. The second kappa shape index (κ2) is 8.07. The predicted octanol–water partition coefficient (Wildman–Crippen LogP) is 4.97. The van der Waals surface area contributed by atoms with Crippen LogP contribution in [-0.2, 0) is 18.9 Å². The first kappa shape index (κ1) is 21.5. The number of rotatable bonds is 5. The number of aryl methyl sites for hydroxylation is 2. The molecule has 0 saturated carbocycles. The summed E-state index contributed by atoms with van der Waals surface area (Å²) >= 11 is 0. The Morgan fingerprint density at radius 1 is 1.13 bits per heavy atom. The molecule has 0 unspecified atom stereocenters. The molecule has 1 aliphatic rings. The van der Waals surface area contributed by atoms with Gasteiger partial charge in [0.25, 0.3) is 11.8 Å². The minimum atomic E-state index is -3.00. The zero-order chi connectivity index (χ0) is 22.2. The van der Waals surface area contributed by atoms with Crippen molar-refractivity contribution in [1.82, 2.24) is 9.97 Å². The number of aromatic nitrogens is 2. The number of benzene rings is 2. The third kappa shape index (κ3) is 4.49. The second-order valence-electron chi connectivity index (χ2n) is 8.08. The number of alkyl halides is 4. The molecule has 4 nitrogen and oxygen atoms in total. The lowest BCUT2D eigenvalue weighted by atomic mass is 10.0. The fraction of sp³-hybridized carbons (Fsp3) is 0.391. The zero-order valence-electron chi connectivity index (χ0n) is 17.2. The van der Waals surface area contributed by atoms with Gasteiger partial charge in [-0.1, -0.05) is 35.9 Å². The van der Waals surface area contributed by atoms with Gasteiger partial charge >= 0.3 is 0 Å². The van der Waals surface area contributed by atoms with Gasteiger partial charge in [-0.25, -0.2) is 27.5 Å². The molecule has 0 saturated heterocycles. The molecule has 8 heteroatoms. The monoisotopic (exact) mass is 432 g/mol. The standard InChI is InChI=1S/C23H24F4N4/c1-15-6-7-19-17(12-15)20(8-9-22(24,25)14-28)30-21(29-19)31-11-10-23(26,27)18-5-3-2-4-16(18)13-31/h2-7,12H,8-11,13-14,28H2,1H3. The minimum Gasteiger partial charge on any atom is -0.336 e.